The Balaban J connectivity index is 2.93. The van der Waals surface area contributed by atoms with Crippen molar-refractivity contribution < 1.29 is 9.53 Å². The zero-order valence-electron chi connectivity index (χ0n) is 7.29. The first-order valence-electron chi connectivity index (χ1n) is 3.89. The number of aromatic nitrogens is 1. The SMILES string of the molecule is COc1cncc(Br)c1CCC=O. The van der Waals surface area contributed by atoms with Gasteiger partial charge in [-0.1, -0.05) is 0 Å². The number of nitrogens with zero attached hydrogens (tertiary/aromatic N) is 1. The minimum absolute atomic E-state index is 0.499. The summed E-state index contributed by atoms with van der Waals surface area (Å²) < 4.78 is 6.00. The summed E-state index contributed by atoms with van der Waals surface area (Å²) in [5.41, 5.74) is 0.990. The van der Waals surface area contributed by atoms with Gasteiger partial charge in [0.1, 0.15) is 12.0 Å². The van der Waals surface area contributed by atoms with Crippen molar-refractivity contribution in [2.75, 3.05) is 7.11 Å². The van der Waals surface area contributed by atoms with Crippen molar-refractivity contribution in [1.82, 2.24) is 4.98 Å². The van der Waals surface area contributed by atoms with Crippen LogP contribution in [0.1, 0.15) is 12.0 Å². The maximum atomic E-state index is 10.2. The first-order chi connectivity index (χ1) is 6.29. The van der Waals surface area contributed by atoms with Crippen molar-refractivity contribution in [3.05, 3.63) is 22.4 Å². The third-order valence-electron chi connectivity index (χ3n) is 1.70. The number of aldehydes is 1. The summed E-state index contributed by atoms with van der Waals surface area (Å²) in [6.45, 7) is 0. The Bertz CT molecular complexity index is 302. The smallest absolute Gasteiger partial charge is 0.141 e. The Hall–Kier alpha value is -0.900. The van der Waals surface area contributed by atoms with Gasteiger partial charge in [-0.05, 0) is 22.4 Å². The highest BCUT2D eigenvalue weighted by molar-refractivity contribution is 9.10. The Morgan fingerprint density at radius 1 is 1.62 bits per heavy atom. The molecule has 1 rings (SSSR count). The Morgan fingerprint density at radius 3 is 3.00 bits per heavy atom. The van der Waals surface area contributed by atoms with Gasteiger partial charge in [-0.2, -0.15) is 0 Å². The van der Waals surface area contributed by atoms with E-state index in [1.165, 1.54) is 0 Å². The normalized spacial score (nSPS) is 9.69. The highest BCUT2D eigenvalue weighted by Crippen LogP contribution is 2.25. The lowest BCUT2D eigenvalue weighted by atomic mass is 10.1. The minimum Gasteiger partial charge on any atom is -0.495 e. The number of hydrogen-bond donors (Lipinski definition) is 0. The summed E-state index contributed by atoms with van der Waals surface area (Å²) >= 11 is 3.36. The quantitative estimate of drug-likeness (QED) is 0.760. The van der Waals surface area contributed by atoms with Crippen LogP contribution in [0.25, 0.3) is 0 Å². The monoisotopic (exact) mass is 243 g/mol. The van der Waals surface area contributed by atoms with E-state index in [0.717, 1.165) is 22.1 Å². The van der Waals surface area contributed by atoms with Crippen molar-refractivity contribution in [2.24, 2.45) is 0 Å². The molecule has 0 atom stereocenters. The fourth-order valence-corrected chi connectivity index (χ4v) is 1.58. The van der Waals surface area contributed by atoms with E-state index in [4.69, 9.17) is 4.74 Å². The molecule has 13 heavy (non-hydrogen) atoms. The van der Waals surface area contributed by atoms with Gasteiger partial charge in [0, 0.05) is 22.7 Å². The molecule has 0 aliphatic rings. The molecule has 1 aromatic rings. The Labute approximate surface area is 85.3 Å². The van der Waals surface area contributed by atoms with E-state index < -0.39 is 0 Å². The molecule has 0 radical (unpaired) electrons. The van der Waals surface area contributed by atoms with Crippen LogP contribution in [0.15, 0.2) is 16.9 Å². The molecule has 70 valence electrons. The van der Waals surface area contributed by atoms with Crippen LogP contribution < -0.4 is 4.74 Å². The number of carbonyl (C=O) groups is 1. The molecule has 0 unspecified atom stereocenters. The van der Waals surface area contributed by atoms with Crippen LogP contribution in [-0.4, -0.2) is 18.4 Å². The van der Waals surface area contributed by atoms with Gasteiger partial charge in [0.15, 0.2) is 0 Å². The molecule has 0 saturated heterocycles. The number of hydrogen-bond acceptors (Lipinski definition) is 3. The molecule has 0 bridgehead atoms. The molecule has 0 N–H and O–H groups in total. The number of methoxy groups -OCH3 is 1. The third kappa shape index (κ3) is 2.52. The molecule has 0 aliphatic heterocycles. The molecule has 0 spiro atoms. The van der Waals surface area contributed by atoms with E-state index in [1.54, 1.807) is 19.5 Å². The minimum atomic E-state index is 0.499. The molecule has 0 amide bonds. The van der Waals surface area contributed by atoms with Gasteiger partial charge in [-0.25, -0.2) is 0 Å². The first kappa shape index (κ1) is 10.2. The summed E-state index contributed by atoms with van der Waals surface area (Å²) in [6.07, 6.45) is 5.41. The molecule has 0 saturated carbocycles. The summed E-state index contributed by atoms with van der Waals surface area (Å²) in [7, 11) is 1.59. The lowest BCUT2D eigenvalue weighted by Gasteiger charge is -2.07. The van der Waals surface area contributed by atoms with E-state index >= 15 is 0 Å². The molecule has 0 aliphatic carbocycles. The standard InChI is InChI=1S/C9H10BrNO2/c1-13-9-6-11-5-8(10)7(9)3-2-4-12/h4-6H,2-3H2,1H3. The maximum absolute atomic E-state index is 10.2. The fourth-order valence-electron chi connectivity index (χ4n) is 1.07. The van der Waals surface area contributed by atoms with Crippen LogP contribution in [-0.2, 0) is 11.2 Å². The number of pyridine rings is 1. The third-order valence-corrected chi connectivity index (χ3v) is 2.38. The predicted molar refractivity (Wildman–Crippen MR) is 52.9 cm³/mol. The second kappa shape index (κ2) is 4.97. The highest BCUT2D eigenvalue weighted by Gasteiger charge is 2.06. The topological polar surface area (TPSA) is 39.2 Å². The van der Waals surface area contributed by atoms with E-state index in [0.29, 0.717) is 12.8 Å². The van der Waals surface area contributed by atoms with Crippen LogP contribution in [0.2, 0.25) is 0 Å². The van der Waals surface area contributed by atoms with Gasteiger partial charge in [0.2, 0.25) is 0 Å². The van der Waals surface area contributed by atoms with Crippen LogP contribution in [0.5, 0.6) is 5.75 Å². The molecular formula is C9H10BrNO2. The number of halogens is 1. The van der Waals surface area contributed by atoms with Gasteiger partial charge >= 0.3 is 0 Å². The molecule has 3 nitrogen and oxygen atoms in total. The van der Waals surface area contributed by atoms with Crippen molar-refractivity contribution >= 4 is 22.2 Å². The van der Waals surface area contributed by atoms with Crippen LogP contribution in [0.3, 0.4) is 0 Å². The van der Waals surface area contributed by atoms with Crippen molar-refractivity contribution in [3.8, 4) is 5.75 Å². The van der Waals surface area contributed by atoms with Crippen molar-refractivity contribution in [1.29, 1.82) is 0 Å². The first-order valence-corrected chi connectivity index (χ1v) is 4.69. The zero-order valence-corrected chi connectivity index (χ0v) is 8.87. The second-order valence-electron chi connectivity index (χ2n) is 2.51. The molecule has 1 aromatic heterocycles. The zero-order chi connectivity index (χ0) is 9.68. The second-order valence-corrected chi connectivity index (χ2v) is 3.36. The summed E-state index contributed by atoms with van der Waals surface area (Å²) in [4.78, 5) is 14.2. The van der Waals surface area contributed by atoms with E-state index in [1.807, 2.05) is 0 Å². The predicted octanol–water partition coefficient (Wildman–Crippen LogP) is 1.98. The van der Waals surface area contributed by atoms with Crippen molar-refractivity contribution in [2.45, 2.75) is 12.8 Å². The van der Waals surface area contributed by atoms with Crippen LogP contribution in [0.4, 0.5) is 0 Å². The van der Waals surface area contributed by atoms with Crippen molar-refractivity contribution in [3.63, 3.8) is 0 Å². The van der Waals surface area contributed by atoms with Crippen LogP contribution >= 0.6 is 15.9 Å². The largest absolute Gasteiger partial charge is 0.495 e. The van der Waals surface area contributed by atoms with Gasteiger partial charge < -0.3 is 9.53 Å². The molecule has 0 fully saturated rings. The Morgan fingerprint density at radius 2 is 2.38 bits per heavy atom. The number of rotatable bonds is 4. The lowest BCUT2D eigenvalue weighted by Crippen LogP contribution is -1.95. The van der Waals surface area contributed by atoms with Gasteiger partial charge in [0.05, 0.1) is 13.3 Å². The molecule has 1 heterocycles. The van der Waals surface area contributed by atoms with Gasteiger partial charge in [-0.15, -0.1) is 0 Å². The highest BCUT2D eigenvalue weighted by atomic mass is 79.9. The van der Waals surface area contributed by atoms with Crippen LogP contribution in [0, 0.1) is 0 Å². The summed E-state index contributed by atoms with van der Waals surface area (Å²) in [5, 5.41) is 0. The number of ether oxygens (including phenoxy) is 1. The van der Waals surface area contributed by atoms with E-state index in [-0.39, 0.29) is 0 Å². The van der Waals surface area contributed by atoms with E-state index in [9.17, 15) is 4.79 Å². The summed E-state index contributed by atoms with van der Waals surface area (Å²) in [5.74, 6) is 0.719. The number of carbonyl (C=O) groups excluding carboxylic acids is 1. The fraction of sp³-hybridized carbons (Fsp3) is 0.333. The average molecular weight is 244 g/mol. The lowest BCUT2D eigenvalue weighted by molar-refractivity contribution is -0.107. The molecule has 0 aromatic carbocycles. The average Bonchev–Trinajstić information content (AvgIpc) is 2.15. The summed E-state index contributed by atoms with van der Waals surface area (Å²) in [6, 6.07) is 0. The maximum Gasteiger partial charge on any atom is 0.141 e. The Kier molecular flexibility index (Phi) is 3.89. The van der Waals surface area contributed by atoms with E-state index in [2.05, 4.69) is 20.9 Å². The molecular weight excluding hydrogens is 234 g/mol. The van der Waals surface area contributed by atoms with Gasteiger partial charge in [-0.3, -0.25) is 4.98 Å². The molecule has 4 heteroatoms. The van der Waals surface area contributed by atoms with Gasteiger partial charge in [0.25, 0.3) is 0 Å².